The third-order valence-electron chi connectivity index (χ3n) is 1.66. The summed E-state index contributed by atoms with van der Waals surface area (Å²) < 4.78 is 4.93. The lowest BCUT2D eigenvalue weighted by molar-refractivity contribution is -0.131. The van der Waals surface area contributed by atoms with E-state index in [-0.39, 0.29) is 5.97 Å². The SMILES string of the molecule is CC(=O)Oc1ccc(S(C)(C)S)cc1. The first-order chi connectivity index (χ1) is 6.39. The van der Waals surface area contributed by atoms with Crippen molar-refractivity contribution in [1.29, 1.82) is 0 Å². The summed E-state index contributed by atoms with van der Waals surface area (Å²) in [6, 6.07) is 7.48. The van der Waals surface area contributed by atoms with Crippen LogP contribution < -0.4 is 4.74 Å². The summed E-state index contributed by atoms with van der Waals surface area (Å²) in [7, 11) is -0.994. The van der Waals surface area contributed by atoms with Gasteiger partial charge in [-0.15, -0.1) is 11.7 Å². The summed E-state index contributed by atoms with van der Waals surface area (Å²) in [5.41, 5.74) is 0. The molecule has 2 nitrogen and oxygen atoms in total. The quantitative estimate of drug-likeness (QED) is 0.366. The number of thiol groups is 1. The second-order valence-corrected chi connectivity index (χ2v) is 9.09. The molecule has 1 aromatic carbocycles. The molecule has 0 N–H and O–H groups in total. The van der Waals surface area contributed by atoms with Crippen molar-refractivity contribution >= 4 is 26.7 Å². The maximum Gasteiger partial charge on any atom is 0.308 e. The average molecular weight is 230 g/mol. The van der Waals surface area contributed by atoms with Gasteiger partial charge in [0.25, 0.3) is 0 Å². The van der Waals surface area contributed by atoms with Crippen LogP contribution in [0.4, 0.5) is 0 Å². The van der Waals surface area contributed by atoms with Crippen LogP contribution in [0.5, 0.6) is 5.75 Å². The van der Waals surface area contributed by atoms with Crippen LogP contribution in [0.1, 0.15) is 6.92 Å². The molecule has 14 heavy (non-hydrogen) atoms. The number of ether oxygens (including phenoxy) is 1. The maximum absolute atomic E-state index is 10.7. The molecular formula is C10H14O2S2. The van der Waals surface area contributed by atoms with E-state index in [9.17, 15) is 4.79 Å². The first kappa shape index (κ1) is 11.5. The predicted octanol–water partition coefficient (Wildman–Crippen LogP) is 2.88. The third-order valence-corrected chi connectivity index (χ3v) is 3.72. The average Bonchev–Trinajstić information content (AvgIpc) is 2.02. The zero-order chi connectivity index (χ0) is 10.8. The molecule has 0 aliphatic carbocycles. The summed E-state index contributed by atoms with van der Waals surface area (Å²) in [6.07, 6.45) is 4.19. The van der Waals surface area contributed by atoms with E-state index < -0.39 is 9.06 Å². The molecule has 0 aromatic heterocycles. The molecule has 1 aromatic rings. The van der Waals surface area contributed by atoms with Crippen molar-refractivity contribution in [2.75, 3.05) is 12.5 Å². The van der Waals surface area contributed by atoms with Gasteiger partial charge in [-0.1, -0.05) is 0 Å². The molecule has 0 spiro atoms. The number of rotatable bonds is 2. The molecule has 0 aliphatic rings. The van der Waals surface area contributed by atoms with Crippen LogP contribution >= 0.6 is 20.7 Å². The van der Waals surface area contributed by atoms with Gasteiger partial charge in [0, 0.05) is 6.92 Å². The fraction of sp³-hybridized carbons (Fsp3) is 0.300. The van der Waals surface area contributed by atoms with E-state index in [2.05, 4.69) is 24.2 Å². The highest BCUT2D eigenvalue weighted by Gasteiger charge is 2.08. The lowest BCUT2D eigenvalue weighted by atomic mass is 10.3. The smallest absolute Gasteiger partial charge is 0.308 e. The van der Waals surface area contributed by atoms with Gasteiger partial charge in [-0.05, 0) is 41.7 Å². The standard InChI is InChI=1S/C10H14O2S2/c1-8(11)12-9-4-6-10(7-5-9)14(2,3)13/h4-7,13H,1-3H3. The minimum absolute atomic E-state index is 0.296. The molecule has 0 saturated carbocycles. The molecule has 0 bridgehead atoms. The highest BCUT2D eigenvalue weighted by molar-refractivity contribution is 8.87. The van der Waals surface area contributed by atoms with Gasteiger partial charge in [0.1, 0.15) is 5.75 Å². The first-order valence-corrected chi connectivity index (χ1v) is 7.64. The maximum atomic E-state index is 10.7. The van der Waals surface area contributed by atoms with Gasteiger partial charge in [0.15, 0.2) is 0 Å². The second-order valence-electron chi connectivity index (χ2n) is 3.34. The van der Waals surface area contributed by atoms with Crippen LogP contribution in [0.3, 0.4) is 0 Å². The van der Waals surface area contributed by atoms with E-state index in [1.54, 1.807) is 12.1 Å². The number of hydrogen-bond donors (Lipinski definition) is 1. The Bertz CT molecular complexity index is 325. The molecule has 0 saturated heterocycles. The second kappa shape index (κ2) is 4.28. The van der Waals surface area contributed by atoms with E-state index in [1.807, 2.05) is 12.1 Å². The zero-order valence-corrected chi connectivity index (χ0v) is 10.2. The minimum atomic E-state index is -0.994. The predicted molar refractivity (Wildman–Crippen MR) is 64.4 cm³/mol. The van der Waals surface area contributed by atoms with Crippen LogP contribution in [0.15, 0.2) is 29.2 Å². The number of carbonyl (C=O) groups is 1. The molecule has 0 heterocycles. The highest BCUT2D eigenvalue weighted by Crippen LogP contribution is 2.53. The van der Waals surface area contributed by atoms with Crippen molar-refractivity contribution < 1.29 is 9.53 Å². The van der Waals surface area contributed by atoms with Crippen molar-refractivity contribution in [3.8, 4) is 5.75 Å². The summed E-state index contributed by atoms with van der Waals surface area (Å²) in [6.45, 7) is 1.39. The number of carbonyl (C=O) groups excluding carboxylic acids is 1. The molecular weight excluding hydrogens is 216 g/mol. The van der Waals surface area contributed by atoms with Crippen LogP contribution in [-0.4, -0.2) is 18.5 Å². The lowest BCUT2D eigenvalue weighted by Crippen LogP contribution is -2.01. The zero-order valence-electron chi connectivity index (χ0n) is 8.48. The Labute approximate surface area is 90.8 Å². The molecule has 4 heteroatoms. The van der Waals surface area contributed by atoms with Crippen LogP contribution in [0, 0.1) is 0 Å². The van der Waals surface area contributed by atoms with Gasteiger partial charge in [-0.3, -0.25) is 4.79 Å². The largest absolute Gasteiger partial charge is 0.427 e. The Morgan fingerprint density at radius 3 is 2.14 bits per heavy atom. The minimum Gasteiger partial charge on any atom is -0.427 e. The summed E-state index contributed by atoms with van der Waals surface area (Å²) >= 11 is 4.52. The summed E-state index contributed by atoms with van der Waals surface area (Å²) in [5.74, 6) is 0.286. The van der Waals surface area contributed by atoms with E-state index in [0.717, 1.165) is 0 Å². The topological polar surface area (TPSA) is 26.3 Å². The van der Waals surface area contributed by atoms with Crippen LogP contribution in [0.25, 0.3) is 0 Å². The van der Waals surface area contributed by atoms with Gasteiger partial charge in [-0.2, -0.15) is 9.06 Å². The first-order valence-electron chi connectivity index (χ1n) is 4.14. The number of hydrogen-bond acceptors (Lipinski definition) is 3. The summed E-state index contributed by atoms with van der Waals surface area (Å²) in [4.78, 5) is 11.8. The molecule has 0 amide bonds. The Kier molecular flexibility index (Phi) is 3.50. The van der Waals surface area contributed by atoms with E-state index in [4.69, 9.17) is 4.74 Å². The van der Waals surface area contributed by atoms with Gasteiger partial charge < -0.3 is 4.74 Å². The highest BCUT2D eigenvalue weighted by atomic mass is 33.1. The van der Waals surface area contributed by atoms with Gasteiger partial charge in [0.2, 0.25) is 0 Å². The molecule has 0 atom stereocenters. The number of benzene rings is 1. The van der Waals surface area contributed by atoms with Crippen molar-refractivity contribution in [1.82, 2.24) is 0 Å². The van der Waals surface area contributed by atoms with Gasteiger partial charge >= 0.3 is 5.97 Å². The molecule has 0 unspecified atom stereocenters. The van der Waals surface area contributed by atoms with E-state index >= 15 is 0 Å². The monoisotopic (exact) mass is 230 g/mol. The molecule has 78 valence electrons. The van der Waals surface area contributed by atoms with Gasteiger partial charge in [-0.25, -0.2) is 0 Å². The van der Waals surface area contributed by atoms with E-state index in [1.165, 1.54) is 11.8 Å². The fourth-order valence-electron chi connectivity index (χ4n) is 1.01. The summed E-state index contributed by atoms with van der Waals surface area (Å²) in [5, 5.41) is 0. The molecule has 0 radical (unpaired) electrons. The van der Waals surface area contributed by atoms with Crippen molar-refractivity contribution in [2.24, 2.45) is 0 Å². The normalized spacial score (nSPS) is 12.3. The van der Waals surface area contributed by atoms with Crippen molar-refractivity contribution in [3.05, 3.63) is 24.3 Å². The Hall–Kier alpha value is -0.610. The Morgan fingerprint density at radius 2 is 1.79 bits per heavy atom. The third kappa shape index (κ3) is 3.27. The molecule has 0 aliphatic heterocycles. The lowest BCUT2D eigenvalue weighted by Gasteiger charge is -2.24. The van der Waals surface area contributed by atoms with Gasteiger partial charge in [0.05, 0.1) is 0 Å². The number of esters is 1. The van der Waals surface area contributed by atoms with E-state index in [0.29, 0.717) is 5.75 Å². The molecule has 0 fully saturated rings. The van der Waals surface area contributed by atoms with Crippen LogP contribution in [0.2, 0.25) is 0 Å². The van der Waals surface area contributed by atoms with Crippen LogP contribution in [-0.2, 0) is 4.79 Å². The Balaban J connectivity index is 2.84. The fourth-order valence-corrected chi connectivity index (χ4v) is 2.17. The van der Waals surface area contributed by atoms with Crippen molar-refractivity contribution in [3.63, 3.8) is 0 Å². The molecule has 1 rings (SSSR count). The Morgan fingerprint density at radius 1 is 1.29 bits per heavy atom. The van der Waals surface area contributed by atoms with Crippen molar-refractivity contribution in [2.45, 2.75) is 11.8 Å².